The molecule has 19 heavy (non-hydrogen) atoms. The minimum atomic E-state index is -0.775. The van der Waals surface area contributed by atoms with Crippen LogP contribution in [-0.2, 0) is 0 Å². The lowest BCUT2D eigenvalue weighted by molar-refractivity contribution is 0.0514. The molecule has 6 heteroatoms. The first-order valence-electron chi connectivity index (χ1n) is 6.34. The fourth-order valence-electron chi connectivity index (χ4n) is 2.15. The first kappa shape index (κ1) is 14.1. The summed E-state index contributed by atoms with van der Waals surface area (Å²) < 4.78 is 1.61. The summed E-state index contributed by atoms with van der Waals surface area (Å²) in [6, 6.07) is 3.57. The number of nitrogens with one attached hydrogen (secondary N) is 1. The van der Waals surface area contributed by atoms with Crippen molar-refractivity contribution in [2.24, 2.45) is 5.92 Å². The highest BCUT2D eigenvalue weighted by atomic mass is 35.5. The highest BCUT2D eigenvalue weighted by molar-refractivity contribution is 6.30. The van der Waals surface area contributed by atoms with Crippen LogP contribution in [-0.4, -0.2) is 31.9 Å². The highest BCUT2D eigenvalue weighted by Gasteiger charge is 2.22. The topological polar surface area (TPSA) is 62.5 Å². The average molecular weight is 283 g/mol. The van der Waals surface area contributed by atoms with Crippen LogP contribution >= 0.6 is 11.6 Å². The Morgan fingerprint density at radius 3 is 2.89 bits per heavy atom. The van der Waals surface area contributed by atoms with Crippen molar-refractivity contribution in [2.75, 3.05) is 11.9 Å². The zero-order valence-electron chi connectivity index (χ0n) is 11.4. The van der Waals surface area contributed by atoms with Gasteiger partial charge in [0, 0.05) is 12.7 Å². The van der Waals surface area contributed by atoms with Gasteiger partial charge in [0.25, 0.3) is 0 Å². The molecule has 0 spiro atoms. The van der Waals surface area contributed by atoms with E-state index in [9.17, 15) is 5.11 Å². The van der Waals surface area contributed by atoms with Gasteiger partial charge in [0.05, 0.1) is 10.6 Å². The Balaban J connectivity index is 2.05. The third kappa shape index (κ3) is 3.81. The van der Waals surface area contributed by atoms with Crippen molar-refractivity contribution >= 4 is 23.2 Å². The van der Waals surface area contributed by atoms with Gasteiger partial charge in [-0.15, -0.1) is 5.10 Å². The summed E-state index contributed by atoms with van der Waals surface area (Å²) in [6.07, 6.45) is 2.42. The lowest BCUT2D eigenvalue weighted by atomic mass is 9.94. The maximum atomic E-state index is 10.2. The van der Waals surface area contributed by atoms with E-state index in [2.05, 4.69) is 29.2 Å². The van der Waals surface area contributed by atoms with Crippen LogP contribution in [0.15, 0.2) is 18.3 Å². The summed E-state index contributed by atoms with van der Waals surface area (Å²) in [5.41, 5.74) is -0.0565. The quantitative estimate of drug-likeness (QED) is 0.885. The fraction of sp³-hybridized carbons (Fsp3) is 0.538. The lowest BCUT2D eigenvalue weighted by Crippen LogP contribution is -2.35. The van der Waals surface area contributed by atoms with Gasteiger partial charge in [-0.2, -0.15) is 4.98 Å². The van der Waals surface area contributed by atoms with Gasteiger partial charge in [-0.05, 0) is 31.4 Å². The minimum Gasteiger partial charge on any atom is -0.388 e. The normalized spacial score (nSPS) is 14.8. The maximum absolute atomic E-state index is 10.2. The van der Waals surface area contributed by atoms with E-state index < -0.39 is 5.60 Å². The molecule has 0 aliphatic carbocycles. The fourth-order valence-corrected chi connectivity index (χ4v) is 2.31. The van der Waals surface area contributed by atoms with E-state index >= 15 is 0 Å². The first-order chi connectivity index (χ1) is 8.85. The van der Waals surface area contributed by atoms with E-state index in [1.165, 1.54) is 0 Å². The Hall–Kier alpha value is -1.33. The van der Waals surface area contributed by atoms with Crippen LogP contribution in [0.5, 0.6) is 0 Å². The van der Waals surface area contributed by atoms with Crippen LogP contribution < -0.4 is 5.32 Å². The zero-order chi connectivity index (χ0) is 14.0. The average Bonchev–Trinajstić information content (AvgIpc) is 2.66. The number of pyridine rings is 1. The van der Waals surface area contributed by atoms with Crippen molar-refractivity contribution in [1.29, 1.82) is 0 Å². The maximum Gasteiger partial charge on any atom is 0.243 e. The number of aliphatic hydroxyl groups is 1. The Labute approximate surface area is 117 Å². The predicted molar refractivity (Wildman–Crippen MR) is 76.6 cm³/mol. The zero-order valence-corrected chi connectivity index (χ0v) is 12.1. The molecule has 1 atom stereocenters. The molecular formula is C13H19ClN4O. The molecule has 2 N–H and O–H groups in total. The second kappa shape index (κ2) is 5.35. The van der Waals surface area contributed by atoms with Gasteiger partial charge in [-0.1, -0.05) is 25.4 Å². The van der Waals surface area contributed by atoms with Crippen molar-refractivity contribution in [3.05, 3.63) is 23.4 Å². The Morgan fingerprint density at radius 1 is 1.47 bits per heavy atom. The molecule has 0 saturated heterocycles. The Kier molecular flexibility index (Phi) is 3.96. The molecule has 104 valence electrons. The number of rotatable bonds is 5. The van der Waals surface area contributed by atoms with E-state index in [4.69, 9.17) is 11.6 Å². The van der Waals surface area contributed by atoms with Crippen LogP contribution in [0.1, 0.15) is 27.2 Å². The molecule has 0 radical (unpaired) electrons. The number of anilines is 1. The van der Waals surface area contributed by atoms with Gasteiger partial charge in [0.2, 0.25) is 5.95 Å². The molecule has 1 unspecified atom stereocenters. The molecule has 0 fully saturated rings. The van der Waals surface area contributed by atoms with Crippen LogP contribution in [0.2, 0.25) is 5.02 Å². The van der Waals surface area contributed by atoms with E-state index in [0.29, 0.717) is 23.4 Å². The van der Waals surface area contributed by atoms with Crippen molar-refractivity contribution in [1.82, 2.24) is 14.6 Å². The molecule has 0 aliphatic rings. The SMILES string of the molecule is CC(C)CC(C)(O)CNc1nc2ccc(Cl)cn2n1. The van der Waals surface area contributed by atoms with Crippen molar-refractivity contribution in [3.8, 4) is 0 Å². The third-order valence-corrected chi connectivity index (χ3v) is 2.99. The number of halogens is 1. The monoisotopic (exact) mass is 282 g/mol. The van der Waals surface area contributed by atoms with Gasteiger partial charge in [-0.25, -0.2) is 4.52 Å². The minimum absolute atomic E-state index is 0.412. The molecule has 2 rings (SSSR count). The largest absolute Gasteiger partial charge is 0.388 e. The summed E-state index contributed by atoms with van der Waals surface area (Å²) >= 11 is 5.89. The molecular weight excluding hydrogens is 264 g/mol. The smallest absolute Gasteiger partial charge is 0.243 e. The third-order valence-electron chi connectivity index (χ3n) is 2.77. The number of hydrogen-bond donors (Lipinski definition) is 2. The number of aromatic nitrogens is 3. The first-order valence-corrected chi connectivity index (χ1v) is 6.72. The lowest BCUT2D eigenvalue weighted by Gasteiger charge is -2.25. The summed E-state index contributed by atoms with van der Waals surface area (Å²) in [7, 11) is 0. The molecule has 5 nitrogen and oxygen atoms in total. The molecule has 0 saturated carbocycles. The second-order valence-corrected chi connectivity index (χ2v) is 5.97. The Bertz CT molecular complexity index is 565. The van der Waals surface area contributed by atoms with Crippen LogP contribution in [0.4, 0.5) is 5.95 Å². The van der Waals surface area contributed by atoms with E-state index in [-0.39, 0.29) is 0 Å². The second-order valence-electron chi connectivity index (χ2n) is 5.53. The van der Waals surface area contributed by atoms with Crippen molar-refractivity contribution in [2.45, 2.75) is 32.8 Å². The van der Waals surface area contributed by atoms with Crippen LogP contribution in [0.3, 0.4) is 0 Å². The molecule has 2 heterocycles. The standard InChI is InChI=1S/C13H19ClN4O/c1-9(2)6-13(3,19)8-15-12-16-11-5-4-10(14)7-18(11)17-12/h4-5,7,9,19H,6,8H2,1-3H3,(H,15,17). The van der Waals surface area contributed by atoms with E-state index in [1.54, 1.807) is 22.8 Å². The molecule has 2 aromatic rings. The predicted octanol–water partition coefficient (Wildman–Crippen LogP) is 2.59. The van der Waals surface area contributed by atoms with Gasteiger partial charge in [0.1, 0.15) is 0 Å². The van der Waals surface area contributed by atoms with Gasteiger partial charge < -0.3 is 10.4 Å². The summed E-state index contributed by atoms with van der Waals surface area (Å²) in [5.74, 6) is 0.927. The van der Waals surface area contributed by atoms with E-state index in [0.717, 1.165) is 12.1 Å². The molecule has 2 aromatic heterocycles. The van der Waals surface area contributed by atoms with Crippen molar-refractivity contribution in [3.63, 3.8) is 0 Å². The van der Waals surface area contributed by atoms with E-state index in [1.807, 2.05) is 6.92 Å². The van der Waals surface area contributed by atoms with Gasteiger partial charge >= 0.3 is 0 Å². The number of fused-ring (bicyclic) bond motifs is 1. The molecule has 0 bridgehead atoms. The van der Waals surface area contributed by atoms with Crippen LogP contribution in [0.25, 0.3) is 5.65 Å². The van der Waals surface area contributed by atoms with Gasteiger partial charge in [-0.3, -0.25) is 0 Å². The summed E-state index contributed by atoms with van der Waals surface area (Å²) in [4.78, 5) is 4.31. The summed E-state index contributed by atoms with van der Waals surface area (Å²) in [5, 5.41) is 18.1. The van der Waals surface area contributed by atoms with Crippen molar-refractivity contribution < 1.29 is 5.11 Å². The Morgan fingerprint density at radius 2 is 2.21 bits per heavy atom. The molecule has 0 amide bonds. The molecule has 0 aliphatic heterocycles. The molecule has 0 aromatic carbocycles. The number of hydrogen-bond acceptors (Lipinski definition) is 4. The van der Waals surface area contributed by atoms with Gasteiger partial charge in [0.15, 0.2) is 5.65 Å². The summed E-state index contributed by atoms with van der Waals surface area (Å²) in [6.45, 7) is 6.39. The van der Waals surface area contributed by atoms with Crippen LogP contribution in [0, 0.1) is 5.92 Å². The number of nitrogens with zero attached hydrogens (tertiary/aromatic N) is 3. The highest BCUT2D eigenvalue weighted by Crippen LogP contribution is 2.17.